The third kappa shape index (κ3) is 3.65. The highest BCUT2D eigenvalue weighted by atomic mass is 79.9. The van der Waals surface area contributed by atoms with E-state index in [1.54, 1.807) is 0 Å². The quantitative estimate of drug-likeness (QED) is 0.500. The number of halogens is 1. The molecule has 0 spiro atoms. The number of carbonyl (C=O) groups excluding carboxylic acids is 1. The predicted octanol–water partition coefficient (Wildman–Crippen LogP) is 1.37. The minimum Gasteiger partial charge on any atom is -0.370 e. The van der Waals surface area contributed by atoms with Crippen LogP contribution in [0.5, 0.6) is 0 Å². The Hall–Kier alpha value is 0.110. The topological polar surface area (TPSA) is 26.3 Å². The van der Waals surface area contributed by atoms with Crippen molar-refractivity contribution in [3.8, 4) is 0 Å². The highest BCUT2D eigenvalue weighted by Gasteiger charge is 2.11. The van der Waals surface area contributed by atoms with Crippen LogP contribution in [0.25, 0.3) is 0 Å². The molecule has 2 atom stereocenters. The maximum atomic E-state index is 10.2. The van der Waals surface area contributed by atoms with Gasteiger partial charge in [0.15, 0.2) is 0 Å². The summed E-state index contributed by atoms with van der Waals surface area (Å²) in [4.78, 5) is 10.3. The summed E-state index contributed by atoms with van der Waals surface area (Å²) in [6.07, 6.45) is 0.512. The third-order valence-electron chi connectivity index (χ3n) is 0.946. The first-order valence-corrected chi connectivity index (χ1v) is 3.85. The Morgan fingerprint density at radius 3 is 2.44 bits per heavy atom. The lowest BCUT2D eigenvalue weighted by molar-refractivity contribution is -0.117. The van der Waals surface area contributed by atoms with Crippen molar-refractivity contribution >= 4 is 22.2 Å². The molecule has 0 amide bonds. The lowest BCUT2D eigenvalue weighted by Gasteiger charge is -2.11. The second-order valence-electron chi connectivity index (χ2n) is 1.73. The van der Waals surface area contributed by atoms with Gasteiger partial charge >= 0.3 is 0 Å². The number of hydrogen-bond acceptors (Lipinski definition) is 2. The van der Waals surface area contributed by atoms with Gasteiger partial charge in [-0.1, -0.05) is 15.9 Å². The zero-order chi connectivity index (χ0) is 7.28. The summed E-state index contributed by atoms with van der Waals surface area (Å²) in [5, 5.41) is 0. The van der Waals surface area contributed by atoms with Gasteiger partial charge in [0.05, 0.1) is 0 Å². The van der Waals surface area contributed by atoms with Crippen LogP contribution < -0.4 is 0 Å². The molecule has 9 heavy (non-hydrogen) atoms. The normalized spacial score (nSPS) is 16.8. The fourth-order valence-electron chi connectivity index (χ4n) is 0.473. The molecule has 0 aromatic carbocycles. The van der Waals surface area contributed by atoms with Crippen molar-refractivity contribution in [2.75, 3.05) is 6.61 Å². The van der Waals surface area contributed by atoms with Gasteiger partial charge in [-0.3, -0.25) is 0 Å². The molecule has 0 heterocycles. The summed E-state index contributed by atoms with van der Waals surface area (Å²) in [6, 6.07) is 0. The Kier molecular flexibility index (Phi) is 5.00. The second-order valence-corrected chi connectivity index (χ2v) is 3.18. The molecule has 0 fully saturated rings. The maximum absolute atomic E-state index is 10.2. The van der Waals surface area contributed by atoms with E-state index in [9.17, 15) is 4.79 Å². The molecule has 0 rings (SSSR count). The molecule has 0 aliphatic carbocycles. The van der Waals surface area contributed by atoms with Gasteiger partial charge in [-0.05, 0) is 13.8 Å². The van der Waals surface area contributed by atoms with Gasteiger partial charge in [-0.15, -0.1) is 0 Å². The van der Waals surface area contributed by atoms with Crippen LogP contribution in [0.2, 0.25) is 0 Å². The first-order valence-electron chi connectivity index (χ1n) is 2.93. The molecule has 0 N–H and O–H groups in total. The molecule has 2 nitrogen and oxygen atoms in total. The Morgan fingerprint density at radius 2 is 2.33 bits per heavy atom. The zero-order valence-electron chi connectivity index (χ0n) is 5.63. The van der Waals surface area contributed by atoms with E-state index in [2.05, 4.69) is 15.9 Å². The third-order valence-corrected chi connectivity index (χ3v) is 1.47. The average Bonchev–Trinajstić information content (AvgIpc) is 1.82. The highest BCUT2D eigenvalue weighted by Crippen LogP contribution is 2.05. The van der Waals surface area contributed by atoms with E-state index in [1.807, 2.05) is 13.8 Å². The van der Waals surface area contributed by atoms with Crippen molar-refractivity contribution in [3.63, 3.8) is 0 Å². The van der Waals surface area contributed by atoms with E-state index in [0.29, 0.717) is 6.61 Å². The number of carbonyl (C=O) groups is 1. The minimum atomic E-state index is -0.296. The number of hydrogen-bond donors (Lipinski definition) is 0. The summed E-state index contributed by atoms with van der Waals surface area (Å²) in [5.41, 5.74) is 0. The fraction of sp³-hybridized carbons (Fsp3) is 0.833. The van der Waals surface area contributed by atoms with Crippen LogP contribution in [0, 0.1) is 0 Å². The maximum Gasteiger partial charge on any atom is 0.149 e. The Morgan fingerprint density at radius 1 is 1.78 bits per heavy atom. The number of aldehydes is 1. The van der Waals surface area contributed by atoms with E-state index < -0.39 is 0 Å². The predicted molar refractivity (Wildman–Crippen MR) is 39.9 cm³/mol. The molecular formula is C6H11BrO2. The molecule has 0 aromatic rings. The summed E-state index contributed by atoms with van der Waals surface area (Å²) in [7, 11) is 0. The summed E-state index contributed by atoms with van der Waals surface area (Å²) < 4.78 is 5.04. The molecule has 0 aromatic heterocycles. The molecule has 3 heteroatoms. The Labute approximate surface area is 63.7 Å². The monoisotopic (exact) mass is 194 g/mol. The van der Waals surface area contributed by atoms with Crippen LogP contribution >= 0.6 is 15.9 Å². The SMILES string of the molecule is CCOC(C=O)C(C)Br. The smallest absolute Gasteiger partial charge is 0.149 e. The van der Waals surface area contributed by atoms with Crippen molar-refractivity contribution in [2.24, 2.45) is 0 Å². The molecule has 0 saturated carbocycles. The van der Waals surface area contributed by atoms with Gasteiger partial charge in [0.25, 0.3) is 0 Å². The van der Waals surface area contributed by atoms with Gasteiger partial charge in [0, 0.05) is 11.4 Å². The van der Waals surface area contributed by atoms with Crippen LogP contribution in [0.4, 0.5) is 0 Å². The molecule has 54 valence electrons. The van der Waals surface area contributed by atoms with Crippen LogP contribution in [0.1, 0.15) is 13.8 Å². The summed E-state index contributed by atoms with van der Waals surface area (Å²) in [6.45, 7) is 4.33. The number of alkyl halides is 1. The van der Waals surface area contributed by atoms with Crippen molar-refractivity contribution in [1.29, 1.82) is 0 Å². The van der Waals surface area contributed by atoms with Crippen LogP contribution in [0.15, 0.2) is 0 Å². The molecule has 0 bridgehead atoms. The van der Waals surface area contributed by atoms with Crippen LogP contribution in [-0.2, 0) is 9.53 Å². The van der Waals surface area contributed by atoms with E-state index in [1.165, 1.54) is 0 Å². The molecule has 2 unspecified atom stereocenters. The molecule has 0 aliphatic rings. The lowest BCUT2D eigenvalue weighted by Crippen LogP contribution is -2.23. The minimum absolute atomic E-state index is 0.106. The fourth-order valence-corrected chi connectivity index (χ4v) is 0.750. The van der Waals surface area contributed by atoms with Gasteiger partial charge in [0.1, 0.15) is 12.4 Å². The molecular weight excluding hydrogens is 184 g/mol. The van der Waals surface area contributed by atoms with Gasteiger partial charge in [-0.25, -0.2) is 0 Å². The number of ether oxygens (including phenoxy) is 1. The molecule has 0 aliphatic heterocycles. The average molecular weight is 195 g/mol. The van der Waals surface area contributed by atoms with Crippen molar-refractivity contribution in [2.45, 2.75) is 24.8 Å². The van der Waals surface area contributed by atoms with Crippen molar-refractivity contribution < 1.29 is 9.53 Å². The van der Waals surface area contributed by atoms with Crippen molar-refractivity contribution in [1.82, 2.24) is 0 Å². The molecule has 0 saturated heterocycles. The van der Waals surface area contributed by atoms with E-state index in [4.69, 9.17) is 4.74 Å². The van der Waals surface area contributed by atoms with Crippen molar-refractivity contribution in [3.05, 3.63) is 0 Å². The zero-order valence-corrected chi connectivity index (χ0v) is 7.22. The second kappa shape index (κ2) is 4.94. The van der Waals surface area contributed by atoms with E-state index in [0.717, 1.165) is 6.29 Å². The molecule has 0 radical (unpaired) electrons. The van der Waals surface area contributed by atoms with Crippen LogP contribution in [0.3, 0.4) is 0 Å². The Balaban J connectivity index is 3.54. The summed E-state index contributed by atoms with van der Waals surface area (Å²) in [5.74, 6) is 0. The van der Waals surface area contributed by atoms with Gasteiger partial charge < -0.3 is 9.53 Å². The highest BCUT2D eigenvalue weighted by molar-refractivity contribution is 9.09. The first kappa shape index (κ1) is 9.11. The van der Waals surface area contributed by atoms with Crippen LogP contribution in [-0.4, -0.2) is 23.8 Å². The summed E-state index contributed by atoms with van der Waals surface area (Å²) >= 11 is 3.25. The van der Waals surface area contributed by atoms with Gasteiger partial charge in [-0.2, -0.15) is 0 Å². The first-order chi connectivity index (χ1) is 4.22. The van der Waals surface area contributed by atoms with E-state index in [-0.39, 0.29) is 10.9 Å². The van der Waals surface area contributed by atoms with E-state index >= 15 is 0 Å². The standard InChI is InChI=1S/C6H11BrO2/c1-3-9-6(4-8)5(2)7/h4-6H,3H2,1-2H3. The number of rotatable bonds is 4. The Bertz CT molecular complexity index is 83.1. The van der Waals surface area contributed by atoms with Gasteiger partial charge in [0.2, 0.25) is 0 Å². The largest absolute Gasteiger partial charge is 0.370 e. The lowest BCUT2D eigenvalue weighted by atomic mass is 10.3.